The minimum Gasteiger partial charge on any atom is -0.486 e. The molecule has 2 aromatic carbocycles. The Morgan fingerprint density at radius 1 is 0.935 bits per heavy atom. The van der Waals surface area contributed by atoms with Crippen LogP contribution in [0.1, 0.15) is 47.4 Å². The lowest BCUT2D eigenvalue weighted by Gasteiger charge is -2.17. The van der Waals surface area contributed by atoms with Crippen LogP contribution in [-0.4, -0.2) is 4.98 Å². The molecule has 0 aliphatic heterocycles. The van der Waals surface area contributed by atoms with E-state index in [0.29, 0.717) is 17.8 Å². The summed E-state index contributed by atoms with van der Waals surface area (Å²) in [5, 5.41) is 0. The number of hydrogen-bond donors (Lipinski definition) is 0. The third kappa shape index (κ3) is 4.89. The Morgan fingerprint density at radius 3 is 2.13 bits per heavy atom. The first-order valence-corrected chi connectivity index (χ1v) is 10.2. The van der Waals surface area contributed by atoms with E-state index in [4.69, 9.17) is 9.72 Å². The summed E-state index contributed by atoms with van der Waals surface area (Å²) in [6.07, 6.45) is -2.81. The van der Waals surface area contributed by atoms with Gasteiger partial charge in [0.2, 0.25) is 0 Å². The fourth-order valence-electron chi connectivity index (χ4n) is 3.72. The van der Waals surface area contributed by atoms with Crippen LogP contribution < -0.4 is 4.74 Å². The molecule has 3 rings (SSSR count). The predicted molar refractivity (Wildman–Crippen MR) is 114 cm³/mol. The fourth-order valence-corrected chi connectivity index (χ4v) is 3.72. The normalized spacial score (nSPS) is 11.6. The largest absolute Gasteiger partial charge is 0.486 e. The van der Waals surface area contributed by atoms with Gasteiger partial charge in [0.15, 0.2) is 11.6 Å². The molecule has 31 heavy (non-hydrogen) atoms. The summed E-state index contributed by atoms with van der Waals surface area (Å²) in [7, 11) is 0. The minimum atomic E-state index is -4.56. The van der Waals surface area contributed by atoms with Crippen molar-refractivity contribution in [1.82, 2.24) is 4.98 Å². The Morgan fingerprint density at radius 2 is 1.58 bits per heavy atom. The molecule has 0 unspecified atom stereocenters. The molecular weight excluding hydrogens is 406 g/mol. The zero-order valence-electron chi connectivity index (χ0n) is 18.0. The average Bonchev–Trinajstić information content (AvgIpc) is 2.72. The maximum atomic E-state index is 14.0. The molecule has 0 N–H and O–H groups in total. The van der Waals surface area contributed by atoms with Crippen LogP contribution in [-0.2, 0) is 25.6 Å². The Balaban J connectivity index is 1.93. The van der Waals surface area contributed by atoms with Crippen molar-refractivity contribution in [3.05, 3.63) is 81.8 Å². The van der Waals surface area contributed by atoms with Gasteiger partial charge in [0, 0.05) is 16.8 Å². The lowest BCUT2D eigenvalue weighted by atomic mass is 9.93. The number of aromatic nitrogens is 1. The Labute approximate surface area is 179 Å². The lowest BCUT2D eigenvalue weighted by molar-refractivity contribution is -0.137. The van der Waals surface area contributed by atoms with E-state index in [1.807, 2.05) is 26.0 Å². The van der Waals surface area contributed by atoms with Crippen LogP contribution in [0.15, 0.2) is 42.5 Å². The van der Waals surface area contributed by atoms with Gasteiger partial charge in [-0.15, -0.1) is 0 Å². The monoisotopic (exact) mass is 431 g/mol. The van der Waals surface area contributed by atoms with Crippen LogP contribution >= 0.6 is 0 Å². The summed E-state index contributed by atoms with van der Waals surface area (Å²) in [5.74, 6) is -1.26. The highest BCUT2D eigenvalue weighted by atomic mass is 19.4. The first kappa shape index (κ1) is 22.8. The molecule has 2 nitrogen and oxygen atoms in total. The van der Waals surface area contributed by atoms with Gasteiger partial charge in [-0.25, -0.2) is 4.39 Å². The summed E-state index contributed by atoms with van der Waals surface area (Å²) in [6.45, 7) is 7.87. The van der Waals surface area contributed by atoms with Gasteiger partial charge < -0.3 is 4.74 Å². The maximum absolute atomic E-state index is 14.0. The Bertz CT molecular complexity index is 1040. The summed E-state index contributed by atoms with van der Waals surface area (Å²) >= 11 is 0. The standard InChI is InChI=1S/C25H25F4NO/c1-5-17-8-7-9-18(6-2)24(17)22-12-15(3)20(16(4)30-22)14-31-23-13-19(25(27,28)29)10-11-21(23)26/h7-13H,5-6,14H2,1-4H3. The van der Waals surface area contributed by atoms with E-state index in [1.54, 1.807) is 0 Å². The molecule has 6 heteroatoms. The van der Waals surface area contributed by atoms with E-state index in [0.717, 1.165) is 41.3 Å². The highest BCUT2D eigenvalue weighted by Crippen LogP contribution is 2.34. The molecule has 0 aliphatic carbocycles. The minimum absolute atomic E-state index is 0.0702. The van der Waals surface area contributed by atoms with Crippen molar-refractivity contribution in [2.45, 2.75) is 53.3 Å². The lowest BCUT2D eigenvalue weighted by Crippen LogP contribution is -2.08. The first-order chi connectivity index (χ1) is 14.7. The van der Waals surface area contributed by atoms with Crippen molar-refractivity contribution in [1.29, 1.82) is 0 Å². The van der Waals surface area contributed by atoms with Crippen molar-refractivity contribution >= 4 is 0 Å². The zero-order chi connectivity index (χ0) is 22.8. The van der Waals surface area contributed by atoms with Crippen LogP contribution in [0.2, 0.25) is 0 Å². The molecule has 0 spiro atoms. The zero-order valence-corrected chi connectivity index (χ0v) is 18.0. The second-order valence-corrected chi connectivity index (χ2v) is 7.48. The Kier molecular flexibility index (Phi) is 6.68. The topological polar surface area (TPSA) is 22.1 Å². The molecule has 0 saturated carbocycles. The first-order valence-electron chi connectivity index (χ1n) is 10.2. The number of nitrogens with zero attached hydrogens (tertiary/aromatic N) is 1. The molecule has 0 bridgehead atoms. The SMILES string of the molecule is CCc1cccc(CC)c1-c1cc(C)c(COc2cc(C(F)(F)F)ccc2F)c(C)n1. The van der Waals surface area contributed by atoms with E-state index in [1.165, 1.54) is 11.1 Å². The molecule has 0 amide bonds. The van der Waals surface area contributed by atoms with Gasteiger partial charge in [0.05, 0.1) is 11.3 Å². The van der Waals surface area contributed by atoms with Crippen LogP contribution in [0.4, 0.5) is 17.6 Å². The van der Waals surface area contributed by atoms with E-state index in [9.17, 15) is 17.6 Å². The number of rotatable bonds is 6. The molecule has 1 heterocycles. The van der Waals surface area contributed by atoms with Crippen LogP contribution in [0, 0.1) is 19.7 Å². The number of pyridine rings is 1. The van der Waals surface area contributed by atoms with Crippen molar-refractivity contribution in [3.63, 3.8) is 0 Å². The number of benzene rings is 2. The molecule has 0 saturated heterocycles. The third-order valence-corrected chi connectivity index (χ3v) is 5.44. The van der Waals surface area contributed by atoms with E-state index < -0.39 is 23.3 Å². The molecule has 1 aromatic heterocycles. The highest BCUT2D eigenvalue weighted by Gasteiger charge is 2.31. The van der Waals surface area contributed by atoms with Gasteiger partial charge in [0.25, 0.3) is 0 Å². The quantitative estimate of drug-likeness (QED) is 0.384. The molecule has 0 radical (unpaired) electrons. The van der Waals surface area contributed by atoms with Gasteiger partial charge in [-0.05, 0) is 67.6 Å². The molecule has 0 aliphatic rings. The van der Waals surface area contributed by atoms with Gasteiger partial charge in [0.1, 0.15) is 6.61 Å². The number of ether oxygens (including phenoxy) is 1. The third-order valence-electron chi connectivity index (χ3n) is 5.44. The molecule has 0 fully saturated rings. The second-order valence-electron chi connectivity index (χ2n) is 7.48. The van der Waals surface area contributed by atoms with Crippen molar-refractivity contribution < 1.29 is 22.3 Å². The highest BCUT2D eigenvalue weighted by molar-refractivity contribution is 5.69. The average molecular weight is 431 g/mol. The summed E-state index contributed by atoms with van der Waals surface area (Å²) in [4.78, 5) is 4.76. The molecule has 3 aromatic rings. The van der Waals surface area contributed by atoms with E-state index in [-0.39, 0.29) is 6.61 Å². The predicted octanol–water partition coefficient (Wildman–Crippen LogP) is 7.23. The van der Waals surface area contributed by atoms with Gasteiger partial charge in [-0.2, -0.15) is 13.2 Å². The summed E-state index contributed by atoms with van der Waals surface area (Å²) in [6, 6.07) is 10.3. The number of alkyl halides is 3. The smallest absolute Gasteiger partial charge is 0.416 e. The van der Waals surface area contributed by atoms with Crippen LogP contribution in [0.5, 0.6) is 5.75 Å². The fraction of sp³-hybridized carbons (Fsp3) is 0.320. The van der Waals surface area contributed by atoms with Crippen molar-refractivity contribution in [2.75, 3.05) is 0 Å². The number of hydrogen-bond acceptors (Lipinski definition) is 2. The summed E-state index contributed by atoms with van der Waals surface area (Å²) in [5.41, 5.74) is 5.77. The second kappa shape index (κ2) is 9.08. The van der Waals surface area contributed by atoms with E-state index in [2.05, 4.69) is 26.0 Å². The maximum Gasteiger partial charge on any atom is 0.416 e. The van der Waals surface area contributed by atoms with E-state index >= 15 is 0 Å². The Hall–Kier alpha value is -2.89. The van der Waals surface area contributed by atoms with Crippen LogP contribution in [0.3, 0.4) is 0 Å². The van der Waals surface area contributed by atoms with Gasteiger partial charge in [-0.3, -0.25) is 4.98 Å². The van der Waals surface area contributed by atoms with Crippen molar-refractivity contribution in [2.24, 2.45) is 0 Å². The van der Waals surface area contributed by atoms with Crippen molar-refractivity contribution in [3.8, 4) is 17.0 Å². The molecular formula is C25H25F4NO. The molecule has 164 valence electrons. The van der Waals surface area contributed by atoms with Crippen LogP contribution in [0.25, 0.3) is 11.3 Å². The van der Waals surface area contributed by atoms with Gasteiger partial charge >= 0.3 is 6.18 Å². The van der Waals surface area contributed by atoms with Gasteiger partial charge in [-0.1, -0.05) is 32.0 Å². The number of halogens is 4. The molecule has 0 atom stereocenters. The summed E-state index contributed by atoms with van der Waals surface area (Å²) < 4.78 is 58.2. The number of aryl methyl sites for hydroxylation is 4.